The molecule has 1 atom stereocenters. The lowest BCUT2D eigenvalue weighted by Crippen LogP contribution is -2.12. The highest BCUT2D eigenvalue weighted by Gasteiger charge is 2.19. The molecule has 0 fully saturated rings. The summed E-state index contributed by atoms with van der Waals surface area (Å²) in [5, 5.41) is 8.99. The Morgan fingerprint density at radius 2 is 2.21 bits per heavy atom. The van der Waals surface area contributed by atoms with Crippen LogP contribution >= 0.6 is 0 Å². The molecule has 14 heavy (non-hydrogen) atoms. The van der Waals surface area contributed by atoms with E-state index in [1.54, 1.807) is 6.07 Å². The topological polar surface area (TPSA) is 63.3 Å². The lowest BCUT2D eigenvalue weighted by molar-refractivity contribution is -0.138. The van der Waals surface area contributed by atoms with E-state index in [4.69, 9.17) is 10.8 Å². The third-order valence-corrected chi connectivity index (χ3v) is 2.32. The Labute approximate surface area is 83.6 Å². The maximum absolute atomic E-state index is 10.9. The molecule has 0 saturated heterocycles. The number of nitrogens with two attached hydrogens (primary N) is 1. The van der Waals surface area contributed by atoms with Gasteiger partial charge in [0.1, 0.15) is 0 Å². The van der Waals surface area contributed by atoms with Crippen molar-refractivity contribution in [1.29, 1.82) is 0 Å². The van der Waals surface area contributed by atoms with Gasteiger partial charge in [0.05, 0.1) is 5.92 Å². The highest BCUT2D eigenvalue weighted by atomic mass is 16.4. The SMILES string of the molecule is CCC(C(=O)O)c1cc(C)ccc1N. The van der Waals surface area contributed by atoms with Crippen LogP contribution in [0.2, 0.25) is 0 Å². The zero-order valence-electron chi connectivity index (χ0n) is 8.45. The molecule has 0 heterocycles. The van der Waals surface area contributed by atoms with E-state index in [-0.39, 0.29) is 0 Å². The smallest absolute Gasteiger partial charge is 0.311 e. The zero-order valence-corrected chi connectivity index (χ0v) is 8.45. The van der Waals surface area contributed by atoms with Crippen LogP contribution in [0.3, 0.4) is 0 Å². The first kappa shape index (κ1) is 10.6. The average Bonchev–Trinajstić information content (AvgIpc) is 2.11. The highest BCUT2D eigenvalue weighted by molar-refractivity contribution is 5.78. The number of nitrogen functional groups attached to an aromatic ring is 1. The highest BCUT2D eigenvalue weighted by Crippen LogP contribution is 2.26. The summed E-state index contributed by atoms with van der Waals surface area (Å²) < 4.78 is 0. The quantitative estimate of drug-likeness (QED) is 0.723. The second kappa shape index (κ2) is 4.13. The van der Waals surface area contributed by atoms with E-state index in [0.717, 1.165) is 11.1 Å². The van der Waals surface area contributed by atoms with Crippen LogP contribution in [0.15, 0.2) is 18.2 Å². The molecule has 0 aromatic heterocycles. The predicted molar refractivity (Wildman–Crippen MR) is 56.3 cm³/mol. The maximum atomic E-state index is 10.9. The molecule has 0 radical (unpaired) electrons. The molecule has 1 aromatic carbocycles. The Bertz CT molecular complexity index is 347. The van der Waals surface area contributed by atoms with Crippen molar-refractivity contribution in [3.63, 3.8) is 0 Å². The Morgan fingerprint density at radius 1 is 1.57 bits per heavy atom. The molecule has 3 heteroatoms. The molecular formula is C11H15NO2. The van der Waals surface area contributed by atoms with Gasteiger partial charge in [-0.2, -0.15) is 0 Å². The van der Waals surface area contributed by atoms with Gasteiger partial charge >= 0.3 is 5.97 Å². The van der Waals surface area contributed by atoms with Gasteiger partial charge in [-0.25, -0.2) is 0 Å². The fraction of sp³-hybridized carbons (Fsp3) is 0.364. The van der Waals surface area contributed by atoms with Crippen molar-refractivity contribution in [1.82, 2.24) is 0 Å². The molecule has 0 aliphatic heterocycles. The molecule has 0 bridgehead atoms. The van der Waals surface area contributed by atoms with Gasteiger partial charge in [0.15, 0.2) is 0 Å². The Kier molecular flexibility index (Phi) is 3.12. The molecule has 0 aliphatic rings. The summed E-state index contributed by atoms with van der Waals surface area (Å²) in [5.74, 6) is -1.31. The van der Waals surface area contributed by atoms with Gasteiger partial charge in [-0.15, -0.1) is 0 Å². The normalized spacial score (nSPS) is 12.4. The van der Waals surface area contributed by atoms with Crippen LogP contribution in [-0.4, -0.2) is 11.1 Å². The number of aryl methyl sites for hydroxylation is 1. The van der Waals surface area contributed by atoms with Crippen molar-refractivity contribution in [2.24, 2.45) is 0 Å². The number of hydrogen-bond acceptors (Lipinski definition) is 2. The first-order valence-corrected chi connectivity index (χ1v) is 4.65. The first-order chi connectivity index (χ1) is 6.56. The molecule has 1 rings (SSSR count). The number of rotatable bonds is 3. The van der Waals surface area contributed by atoms with Crippen LogP contribution in [-0.2, 0) is 4.79 Å². The van der Waals surface area contributed by atoms with E-state index in [1.165, 1.54) is 0 Å². The van der Waals surface area contributed by atoms with E-state index < -0.39 is 11.9 Å². The standard InChI is InChI=1S/C11H15NO2/c1-3-8(11(13)14)9-6-7(2)4-5-10(9)12/h4-6,8H,3,12H2,1-2H3,(H,13,14). The molecule has 1 unspecified atom stereocenters. The number of benzene rings is 1. The molecule has 76 valence electrons. The lowest BCUT2D eigenvalue weighted by Gasteiger charge is -2.13. The van der Waals surface area contributed by atoms with Gasteiger partial charge in [0, 0.05) is 5.69 Å². The summed E-state index contributed by atoms with van der Waals surface area (Å²) in [6.45, 7) is 3.78. The van der Waals surface area contributed by atoms with Gasteiger partial charge in [-0.3, -0.25) is 4.79 Å². The number of carboxylic acids is 1. The fourth-order valence-electron chi connectivity index (χ4n) is 1.52. The van der Waals surface area contributed by atoms with Gasteiger partial charge in [0.25, 0.3) is 0 Å². The van der Waals surface area contributed by atoms with Crippen molar-refractivity contribution < 1.29 is 9.90 Å². The molecule has 3 N–H and O–H groups in total. The molecule has 1 aromatic rings. The number of carboxylic acid groups (broad SMARTS) is 1. The van der Waals surface area contributed by atoms with Crippen molar-refractivity contribution in [2.45, 2.75) is 26.2 Å². The van der Waals surface area contributed by atoms with Gasteiger partial charge in [-0.1, -0.05) is 24.6 Å². The summed E-state index contributed by atoms with van der Waals surface area (Å²) in [6, 6.07) is 5.49. The van der Waals surface area contributed by atoms with E-state index in [1.807, 2.05) is 26.0 Å². The minimum absolute atomic E-state index is 0.491. The van der Waals surface area contributed by atoms with E-state index in [9.17, 15) is 4.79 Å². The van der Waals surface area contributed by atoms with Crippen molar-refractivity contribution >= 4 is 11.7 Å². The van der Waals surface area contributed by atoms with Crippen LogP contribution in [0.1, 0.15) is 30.4 Å². The zero-order chi connectivity index (χ0) is 10.7. The monoisotopic (exact) mass is 193 g/mol. The average molecular weight is 193 g/mol. The van der Waals surface area contributed by atoms with Gasteiger partial charge in [-0.05, 0) is 25.0 Å². The van der Waals surface area contributed by atoms with E-state index in [0.29, 0.717) is 12.1 Å². The minimum atomic E-state index is -0.815. The fourth-order valence-corrected chi connectivity index (χ4v) is 1.52. The predicted octanol–water partition coefficient (Wildman–Crippen LogP) is 2.16. The minimum Gasteiger partial charge on any atom is -0.481 e. The van der Waals surface area contributed by atoms with Crippen molar-refractivity contribution in [3.8, 4) is 0 Å². The van der Waals surface area contributed by atoms with Crippen molar-refractivity contribution in [3.05, 3.63) is 29.3 Å². The second-order valence-corrected chi connectivity index (χ2v) is 3.43. The summed E-state index contributed by atoms with van der Waals surface area (Å²) in [7, 11) is 0. The summed E-state index contributed by atoms with van der Waals surface area (Å²) in [6.07, 6.45) is 0.559. The first-order valence-electron chi connectivity index (χ1n) is 4.65. The summed E-state index contributed by atoms with van der Waals surface area (Å²) >= 11 is 0. The third kappa shape index (κ3) is 2.05. The molecule has 0 spiro atoms. The molecule has 3 nitrogen and oxygen atoms in total. The second-order valence-electron chi connectivity index (χ2n) is 3.43. The molecular weight excluding hydrogens is 178 g/mol. The molecule has 0 aliphatic carbocycles. The van der Waals surface area contributed by atoms with Gasteiger partial charge in [0.2, 0.25) is 0 Å². The Balaban J connectivity index is 3.15. The van der Waals surface area contributed by atoms with Crippen molar-refractivity contribution in [2.75, 3.05) is 5.73 Å². The van der Waals surface area contributed by atoms with Crippen LogP contribution in [0.5, 0.6) is 0 Å². The van der Waals surface area contributed by atoms with E-state index in [2.05, 4.69) is 0 Å². The summed E-state index contributed by atoms with van der Waals surface area (Å²) in [5.41, 5.74) is 8.06. The maximum Gasteiger partial charge on any atom is 0.311 e. The Morgan fingerprint density at radius 3 is 2.71 bits per heavy atom. The Hall–Kier alpha value is -1.51. The van der Waals surface area contributed by atoms with Crippen LogP contribution < -0.4 is 5.73 Å². The number of carbonyl (C=O) groups is 1. The third-order valence-electron chi connectivity index (χ3n) is 2.32. The molecule has 0 saturated carbocycles. The van der Waals surface area contributed by atoms with Crippen LogP contribution in [0.4, 0.5) is 5.69 Å². The largest absolute Gasteiger partial charge is 0.481 e. The van der Waals surface area contributed by atoms with Crippen LogP contribution in [0, 0.1) is 6.92 Å². The van der Waals surface area contributed by atoms with Crippen LogP contribution in [0.25, 0.3) is 0 Å². The van der Waals surface area contributed by atoms with E-state index >= 15 is 0 Å². The van der Waals surface area contributed by atoms with Gasteiger partial charge < -0.3 is 10.8 Å². The lowest BCUT2D eigenvalue weighted by atomic mass is 9.94. The number of hydrogen-bond donors (Lipinski definition) is 2. The molecule has 0 amide bonds. The summed E-state index contributed by atoms with van der Waals surface area (Å²) in [4.78, 5) is 10.9. The number of aliphatic carboxylic acids is 1. The number of anilines is 1.